The van der Waals surface area contributed by atoms with E-state index < -0.39 is 0 Å². The fraction of sp³-hybridized carbons (Fsp3) is 0.722. The van der Waals surface area contributed by atoms with Crippen LogP contribution in [-0.2, 0) is 4.74 Å². The van der Waals surface area contributed by atoms with E-state index in [4.69, 9.17) is 4.74 Å². The highest BCUT2D eigenvalue weighted by atomic mass is 16.5. The fourth-order valence-corrected chi connectivity index (χ4v) is 3.26. The highest BCUT2D eigenvalue weighted by molar-refractivity contribution is 5.93. The molecule has 25 heavy (non-hydrogen) atoms. The molecule has 0 unspecified atom stereocenters. The SMILES string of the molecule is CC1CCN(CCCNC(=O)c2cnc(N3CCOCC3)nc2)CC1. The van der Waals surface area contributed by atoms with E-state index in [2.05, 4.69) is 32.0 Å². The predicted octanol–water partition coefficient (Wildman–Crippen LogP) is 1.17. The molecule has 0 aromatic carbocycles. The molecular formula is C18H29N5O2. The van der Waals surface area contributed by atoms with E-state index in [1.807, 2.05) is 0 Å². The average molecular weight is 347 g/mol. The minimum absolute atomic E-state index is 0.0965. The smallest absolute Gasteiger partial charge is 0.254 e. The Hall–Kier alpha value is -1.73. The minimum Gasteiger partial charge on any atom is -0.378 e. The molecule has 138 valence electrons. The Morgan fingerprint density at radius 2 is 1.88 bits per heavy atom. The number of hydrogen-bond acceptors (Lipinski definition) is 6. The van der Waals surface area contributed by atoms with Gasteiger partial charge in [0.05, 0.1) is 18.8 Å². The van der Waals surface area contributed by atoms with Crippen molar-refractivity contribution in [2.75, 3.05) is 57.4 Å². The molecule has 0 bridgehead atoms. The topological polar surface area (TPSA) is 70.6 Å². The summed E-state index contributed by atoms with van der Waals surface area (Å²) < 4.78 is 5.32. The van der Waals surface area contributed by atoms with E-state index in [9.17, 15) is 4.79 Å². The van der Waals surface area contributed by atoms with Crippen LogP contribution in [0.25, 0.3) is 0 Å². The summed E-state index contributed by atoms with van der Waals surface area (Å²) in [6.45, 7) is 9.42. The molecule has 3 rings (SSSR count). The number of carbonyl (C=O) groups excluding carboxylic acids is 1. The van der Waals surface area contributed by atoms with Crippen molar-refractivity contribution in [3.8, 4) is 0 Å². The Bertz CT molecular complexity index is 537. The molecule has 7 nitrogen and oxygen atoms in total. The van der Waals surface area contributed by atoms with Gasteiger partial charge in [0, 0.05) is 32.0 Å². The van der Waals surface area contributed by atoms with Gasteiger partial charge in [0.2, 0.25) is 5.95 Å². The molecule has 2 aliphatic rings. The second-order valence-electron chi connectivity index (χ2n) is 7.00. The molecule has 1 aromatic rings. The summed E-state index contributed by atoms with van der Waals surface area (Å²) in [4.78, 5) is 25.4. The minimum atomic E-state index is -0.0965. The van der Waals surface area contributed by atoms with Gasteiger partial charge in [0.15, 0.2) is 0 Å². The number of hydrogen-bond donors (Lipinski definition) is 1. The Morgan fingerprint density at radius 3 is 2.56 bits per heavy atom. The number of likely N-dealkylation sites (tertiary alicyclic amines) is 1. The molecule has 3 heterocycles. The van der Waals surface area contributed by atoms with Crippen molar-refractivity contribution in [2.45, 2.75) is 26.2 Å². The summed E-state index contributed by atoms with van der Waals surface area (Å²) in [5.41, 5.74) is 0.517. The van der Waals surface area contributed by atoms with Gasteiger partial charge in [-0.05, 0) is 44.8 Å². The van der Waals surface area contributed by atoms with E-state index in [0.717, 1.165) is 32.0 Å². The van der Waals surface area contributed by atoms with Crippen molar-refractivity contribution in [2.24, 2.45) is 5.92 Å². The zero-order valence-corrected chi connectivity index (χ0v) is 15.1. The third kappa shape index (κ3) is 5.37. The number of amides is 1. The lowest BCUT2D eigenvalue weighted by Gasteiger charge is -2.30. The zero-order valence-electron chi connectivity index (χ0n) is 15.1. The lowest BCUT2D eigenvalue weighted by atomic mass is 9.99. The number of nitrogens with zero attached hydrogens (tertiary/aromatic N) is 4. The van der Waals surface area contributed by atoms with Gasteiger partial charge >= 0.3 is 0 Å². The number of carbonyl (C=O) groups is 1. The molecule has 2 aliphatic heterocycles. The maximum absolute atomic E-state index is 12.2. The molecular weight excluding hydrogens is 318 g/mol. The molecule has 0 spiro atoms. The standard InChI is InChI=1S/C18H29N5O2/c1-15-3-7-22(8-4-15)6-2-5-19-17(24)16-13-20-18(21-14-16)23-9-11-25-12-10-23/h13-15H,2-12H2,1H3,(H,19,24). The first kappa shape index (κ1) is 18.1. The molecule has 1 aromatic heterocycles. The summed E-state index contributed by atoms with van der Waals surface area (Å²) in [7, 11) is 0. The van der Waals surface area contributed by atoms with Crippen LogP contribution in [0.15, 0.2) is 12.4 Å². The molecule has 7 heteroatoms. The first-order chi connectivity index (χ1) is 12.2. The average Bonchev–Trinajstić information content (AvgIpc) is 2.67. The van der Waals surface area contributed by atoms with Crippen LogP contribution in [0.4, 0.5) is 5.95 Å². The van der Waals surface area contributed by atoms with Crippen LogP contribution in [0.2, 0.25) is 0 Å². The van der Waals surface area contributed by atoms with E-state index in [-0.39, 0.29) is 5.91 Å². The van der Waals surface area contributed by atoms with Gasteiger partial charge in [-0.25, -0.2) is 9.97 Å². The third-order valence-electron chi connectivity index (χ3n) is 5.01. The van der Waals surface area contributed by atoms with Crippen molar-refractivity contribution in [3.05, 3.63) is 18.0 Å². The van der Waals surface area contributed by atoms with Crippen LogP contribution in [-0.4, -0.2) is 73.3 Å². The highest BCUT2D eigenvalue weighted by Crippen LogP contribution is 2.15. The third-order valence-corrected chi connectivity index (χ3v) is 5.01. The van der Waals surface area contributed by atoms with Gasteiger partial charge in [-0.1, -0.05) is 6.92 Å². The van der Waals surface area contributed by atoms with Crippen molar-refractivity contribution < 1.29 is 9.53 Å². The van der Waals surface area contributed by atoms with Crippen molar-refractivity contribution in [3.63, 3.8) is 0 Å². The molecule has 2 saturated heterocycles. The summed E-state index contributed by atoms with van der Waals surface area (Å²) in [5, 5.41) is 2.97. The van der Waals surface area contributed by atoms with Crippen LogP contribution in [0.3, 0.4) is 0 Å². The van der Waals surface area contributed by atoms with Crippen LogP contribution >= 0.6 is 0 Å². The molecule has 1 amide bonds. The van der Waals surface area contributed by atoms with Crippen LogP contribution < -0.4 is 10.2 Å². The molecule has 0 aliphatic carbocycles. The maximum Gasteiger partial charge on any atom is 0.254 e. The predicted molar refractivity (Wildman–Crippen MR) is 96.9 cm³/mol. The number of anilines is 1. The van der Waals surface area contributed by atoms with Gasteiger partial charge in [-0.3, -0.25) is 4.79 Å². The van der Waals surface area contributed by atoms with Crippen molar-refractivity contribution in [1.82, 2.24) is 20.2 Å². The summed E-state index contributed by atoms with van der Waals surface area (Å²) in [5.74, 6) is 1.43. The molecule has 1 N–H and O–H groups in total. The van der Waals surface area contributed by atoms with Gasteiger partial charge in [0.1, 0.15) is 0 Å². The Labute approximate surface area is 149 Å². The Morgan fingerprint density at radius 1 is 1.20 bits per heavy atom. The van der Waals surface area contributed by atoms with E-state index >= 15 is 0 Å². The van der Waals surface area contributed by atoms with E-state index in [0.29, 0.717) is 31.3 Å². The highest BCUT2D eigenvalue weighted by Gasteiger charge is 2.16. The van der Waals surface area contributed by atoms with Gasteiger partial charge in [-0.2, -0.15) is 0 Å². The number of piperidine rings is 1. The van der Waals surface area contributed by atoms with Gasteiger partial charge in [-0.15, -0.1) is 0 Å². The largest absolute Gasteiger partial charge is 0.378 e. The first-order valence-corrected chi connectivity index (χ1v) is 9.37. The van der Waals surface area contributed by atoms with E-state index in [1.165, 1.54) is 25.9 Å². The number of aromatic nitrogens is 2. The van der Waals surface area contributed by atoms with E-state index in [1.54, 1.807) is 12.4 Å². The van der Waals surface area contributed by atoms with Gasteiger partial charge < -0.3 is 19.9 Å². The van der Waals surface area contributed by atoms with Crippen molar-refractivity contribution in [1.29, 1.82) is 0 Å². The molecule has 0 saturated carbocycles. The molecule has 0 radical (unpaired) electrons. The number of rotatable bonds is 6. The second kappa shape index (κ2) is 9.10. The quantitative estimate of drug-likeness (QED) is 0.779. The number of ether oxygens (including phenoxy) is 1. The summed E-state index contributed by atoms with van der Waals surface area (Å²) in [6.07, 6.45) is 6.78. The summed E-state index contributed by atoms with van der Waals surface area (Å²) in [6, 6.07) is 0. The normalized spacial score (nSPS) is 19.8. The monoisotopic (exact) mass is 347 g/mol. The molecule has 0 atom stereocenters. The second-order valence-corrected chi connectivity index (χ2v) is 7.00. The first-order valence-electron chi connectivity index (χ1n) is 9.37. The fourth-order valence-electron chi connectivity index (χ4n) is 3.26. The van der Waals surface area contributed by atoms with Gasteiger partial charge in [0.25, 0.3) is 5.91 Å². The Balaban J connectivity index is 1.37. The van der Waals surface area contributed by atoms with Crippen LogP contribution in [0.5, 0.6) is 0 Å². The Kier molecular flexibility index (Phi) is 6.58. The number of nitrogens with one attached hydrogen (secondary N) is 1. The van der Waals surface area contributed by atoms with Crippen LogP contribution in [0, 0.1) is 5.92 Å². The summed E-state index contributed by atoms with van der Waals surface area (Å²) >= 11 is 0. The lowest BCUT2D eigenvalue weighted by Crippen LogP contribution is -2.37. The molecule has 2 fully saturated rings. The van der Waals surface area contributed by atoms with Crippen LogP contribution in [0.1, 0.15) is 36.5 Å². The maximum atomic E-state index is 12.2. The van der Waals surface area contributed by atoms with Crippen molar-refractivity contribution >= 4 is 11.9 Å². The zero-order chi connectivity index (χ0) is 17.5. The number of morpholine rings is 1. The lowest BCUT2D eigenvalue weighted by molar-refractivity contribution is 0.0949.